The summed E-state index contributed by atoms with van der Waals surface area (Å²) in [7, 11) is 0. The van der Waals surface area contributed by atoms with Crippen LogP contribution in [-0.4, -0.2) is 22.7 Å². The van der Waals surface area contributed by atoms with E-state index >= 15 is 0 Å². The predicted octanol–water partition coefficient (Wildman–Crippen LogP) is 2.93. The fourth-order valence-corrected chi connectivity index (χ4v) is 2.66. The number of hydrogen-bond donors (Lipinski definition) is 2. The molecule has 2 aromatic rings. The molecule has 1 aromatic carbocycles. The number of para-hydroxylation sites is 1. The number of benzene rings is 1. The number of rotatable bonds is 5. The number of pyridine rings is 1. The van der Waals surface area contributed by atoms with E-state index in [0.717, 1.165) is 0 Å². The van der Waals surface area contributed by atoms with Crippen molar-refractivity contribution in [3.8, 4) is 5.75 Å². The number of carbonyl (C=O) groups is 1. The largest absolute Gasteiger partial charge is 0.507 e. The zero-order valence-electron chi connectivity index (χ0n) is 13.1. The van der Waals surface area contributed by atoms with E-state index in [1.807, 2.05) is 13.8 Å². The Bertz CT molecular complexity index is 733. The van der Waals surface area contributed by atoms with Gasteiger partial charge in [0.05, 0.1) is 24.1 Å². The number of fused-ring (bicyclic) bond motifs is 1. The molecule has 1 heterocycles. The molecule has 0 saturated carbocycles. The van der Waals surface area contributed by atoms with Crippen LogP contribution in [0.25, 0.3) is 10.9 Å². The molecule has 1 atom stereocenters. The Morgan fingerprint density at radius 2 is 2.00 bits per heavy atom. The average Bonchev–Trinajstić information content (AvgIpc) is 2.46. The van der Waals surface area contributed by atoms with Gasteiger partial charge < -0.3 is 14.8 Å². The topological polar surface area (TPSA) is 79.4 Å². The van der Waals surface area contributed by atoms with E-state index in [-0.39, 0.29) is 35.2 Å². The molecule has 0 aliphatic heterocycles. The minimum absolute atomic E-state index is 0.0116. The van der Waals surface area contributed by atoms with E-state index in [4.69, 9.17) is 4.74 Å². The van der Waals surface area contributed by atoms with E-state index in [1.165, 1.54) is 0 Å². The van der Waals surface area contributed by atoms with E-state index < -0.39 is 5.92 Å². The van der Waals surface area contributed by atoms with Crippen molar-refractivity contribution in [1.29, 1.82) is 0 Å². The fraction of sp³-hybridized carbons (Fsp3) is 0.412. The molecule has 5 nitrogen and oxygen atoms in total. The van der Waals surface area contributed by atoms with Gasteiger partial charge in [0.15, 0.2) is 0 Å². The van der Waals surface area contributed by atoms with Crippen LogP contribution >= 0.6 is 0 Å². The van der Waals surface area contributed by atoms with E-state index in [0.29, 0.717) is 17.5 Å². The summed E-state index contributed by atoms with van der Waals surface area (Å²) in [4.78, 5) is 26.9. The highest BCUT2D eigenvalue weighted by molar-refractivity contribution is 5.86. The second kappa shape index (κ2) is 6.64. The first-order valence-electron chi connectivity index (χ1n) is 7.45. The van der Waals surface area contributed by atoms with Gasteiger partial charge in [-0.1, -0.05) is 26.0 Å². The molecular weight excluding hydrogens is 282 g/mol. The van der Waals surface area contributed by atoms with Gasteiger partial charge in [0.25, 0.3) is 5.56 Å². The maximum absolute atomic E-state index is 12.4. The summed E-state index contributed by atoms with van der Waals surface area (Å²) in [6, 6.07) is 7.05. The Morgan fingerprint density at radius 3 is 2.64 bits per heavy atom. The Labute approximate surface area is 128 Å². The Morgan fingerprint density at radius 1 is 1.32 bits per heavy atom. The molecule has 2 rings (SSSR count). The number of nitrogens with one attached hydrogen (secondary N) is 1. The maximum atomic E-state index is 12.4. The average molecular weight is 303 g/mol. The van der Waals surface area contributed by atoms with Gasteiger partial charge in [0, 0.05) is 11.3 Å². The normalized spacial score (nSPS) is 12.5. The quantitative estimate of drug-likeness (QED) is 0.832. The highest BCUT2D eigenvalue weighted by atomic mass is 16.5. The summed E-state index contributed by atoms with van der Waals surface area (Å²) in [6.07, 6.45) is 0.0699. The van der Waals surface area contributed by atoms with Crippen LogP contribution in [0.3, 0.4) is 0 Å². The van der Waals surface area contributed by atoms with Gasteiger partial charge in [-0.2, -0.15) is 0 Å². The van der Waals surface area contributed by atoms with Crippen LogP contribution in [-0.2, 0) is 9.53 Å². The van der Waals surface area contributed by atoms with Crippen LogP contribution in [0.5, 0.6) is 5.75 Å². The first-order valence-corrected chi connectivity index (χ1v) is 7.45. The van der Waals surface area contributed by atoms with Crippen molar-refractivity contribution in [2.75, 3.05) is 6.61 Å². The summed E-state index contributed by atoms with van der Waals surface area (Å²) >= 11 is 0. The number of ether oxygens (including phenoxy) is 1. The number of hydrogen-bond acceptors (Lipinski definition) is 4. The van der Waals surface area contributed by atoms with Crippen LogP contribution in [0, 0.1) is 5.92 Å². The molecule has 0 saturated heterocycles. The van der Waals surface area contributed by atoms with Crippen molar-refractivity contribution in [2.24, 2.45) is 5.92 Å². The second-order valence-corrected chi connectivity index (χ2v) is 5.62. The molecule has 0 bridgehead atoms. The maximum Gasteiger partial charge on any atom is 0.306 e. The molecule has 0 amide bonds. The van der Waals surface area contributed by atoms with Gasteiger partial charge in [0.2, 0.25) is 0 Å². The van der Waals surface area contributed by atoms with Crippen LogP contribution in [0.15, 0.2) is 29.1 Å². The molecule has 0 aliphatic carbocycles. The van der Waals surface area contributed by atoms with Gasteiger partial charge in [-0.15, -0.1) is 0 Å². The third-order valence-corrected chi connectivity index (χ3v) is 3.80. The minimum atomic E-state index is -0.396. The standard InChI is InChI=1S/C17H21NO4/c1-4-22-14(19)9-12(10(2)3)15-16(20)11-7-5-6-8-13(11)18-17(15)21/h5-8,10,12H,4,9H2,1-3H3,(H2,18,20,21)/t12-/m0/s1. The van der Waals surface area contributed by atoms with Crippen LogP contribution in [0.2, 0.25) is 0 Å². The highest BCUT2D eigenvalue weighted by Gasteiger charge is 2.27. The molecule has 2 N–H and O–H groups in total. The zero-order chi connectivity index (χ0) is 16.3. The van der Waals surface area contributed by atoms with E-state index in [9.17, 15) is 14.7 Å². The fourth-order valence-electron chi connectivity index (χ4n) is 2.66. The van der Waals surface area contributed by atoms with Gasteiger partial charge in [-0.25, -0.2) is 0 Å². The summed E-state index contributed by atoms with van der Waals surface area (Å²) in [5.74, 6) is -0.805. The molecule has 5 heteroatoms. The number of aromatic hydroxyl groups is 1. The molecule has 0 radical (unpaired) electrons. The van der Waals surface area contributed by atoms with E-state index in [1.54, 1.807) is 31.2 Å². The first-order chi connectivity index (χ1) is 10.5. The monoisotopic (exact) mass is 303 g/mol. The van der Waals surface area contributed by atoms with Gasteiger partial charge >= 0.3 is 5.97 Å². The van der Waals surface area contributed by atoms with Gasteiger partial charge in [0.1, 0.15) is 5.75 Å². The van der Waals surface area contributed by atoms with Crippen LogP contribution < -0.4 is 5.56 Å². The summed E-state index contributed by atoms with van der Waals surface area (Å²) < 4.78 is 4.98. The highest BCUT2D eigenvalue weighted by Crippen LogP contribution is 2.35. The molecular formula is C17H21NO4. The molecule has 0 spiro atoms. The SMILES string of the molecule is CCOC(=O)C[C@H](c1c(O)c2ccccc2[nH]c1=O)C(C)C. The zero-order valence-corrected chi connectivity index (χ0v) is 13.1. The summed E-state index contributed by atoms with van der Waals surface area (Å²) in [5.41, 5.74) is 0.466. The lowest BCUT2D eigenvalue weighted by atomic mass is 9.85. The Balaban J connectivity index is 2.54. The summed E-state index contributed by atoms with van der Waals surface area (Å²) in [6.45, 7) is 5.86. The van der Waals surface area contributed by atoms with Gasteiger partial charge in [-0.3, -0.25) is 9.59 Å². The molecule has 22 heavy (non-hydrogen) atoms. The number of aromatic nitrogens is 1. The summed E-state index contributed by atoms with van der Waals surface area (Å²) in [5, 5.41) is 11.1. The van der Waals surface area contributed by atoms with Crippen molar-refractivity contribution in [2.45, 2.75) is 33.1 Å². The van der Waals surface area contributed by atoms with Crippen LogP contribution in [0.1, 0.15) is 38.7 Å². The lowest BCUT2D eigenvalue weighted by Gasteiger charge is -2.21. The Kier molecular flexibility index (Phi) is 4.85. The minimum Gasteiger partial charge on any atom is -0.507 e. The smallest absolute Gasteiger partial charge is 0.306 e. The lowest BCUT2D eigenvalue weighted by molar-refractivity contribution is -0.143. The van der Waals surface area contributed by atoms with Crippen molar-refractivity contribution in [3.63, 3.8) is 0 Å². The van der Waals surface area contributed by atoms with Gasteiger partial charge in [-0.05, 0) is 25.0 Å². The number of H-pyrrole nitrogens is 1. The third-order valence-electron chi connectivity index (χ3n) is 3.80. The second-order valence-electron chi connectivity index (χ2n) is 5.62. The molecule has 0 fully saturated rings. The number of carbonyl (C=O) groups excluding carboxylic acids is 1. The van der Waals surface area contributed by atoms with E-state index in [2.05, 4.69) is 4.98 Å². The van der Waals surface area contributed by atoms with Crippen LogP contribution in [0.4, 0.5) is 0 Å². The lowest BCUT2D eigenvalue weighted by Crippen LogP contribution is -2.23. The molecule has 118 valence electrons. The third kappa shape index (κ3) is 3.13. The Hall–Kier alpha value is -2.30. The first kappa shape index (κ1) is 16.1. The van der Waals surface area contributed by atoms with Crippen molar-refractivity contribution in [3.05, 3.63) is 40.2 Å². The van der Waals surface area contributed by atoms with Crippen molar-refractivity contribution in [1.82, 2.24) is 4.98 Å². The molecule has 0 aliphatic rings. The van der Waals surface area contributed by atoms with Crippen molar-refractivity contribution >= 4 is 16.9 Å². The molecule has 1 aromatic heterocycles. The number of esters is 1. The molecule has 0 unspecified atom stereocenters. The predicted molar refractivity (Wildman–Crippen MR) is 85.1 cm³/mol. The number of aromatic amines is 1. The van der Waals surface area contributed by atoms with Crippen molar-refractivity contribution < 1.29 is 14.6 Å².